The van der Waals surface area contributed by atoms with Gasteiger partial charge in [0.1, 0.15) is 0 Å². The van der Waals surface area contributed by atoms with Gasteiger partial charge in [0, 0.05) is 17.6 Å². The zero-order valence-electron chi connectivity index (χ0n) is 11.7. The smallest absolute Gasteiger partial charge is 0.0107 e. The van der Waals surface area contributed by atoms with Gasteiger partial charge in [0.05, 0.1) is 0 Å². The van der Waals surface area contributed by atoms with Crippen LogP contribution < -0.4 is 0 Å². The first-order valence-corrected chi connectivity index (χ1v) is 8.31. The van der Waals surface area contributed by atoms with E-state index in [9.17, 15) is 0 Å². The fourth-order valence-electron chi connectivity index (χ4n) is 0.224. The Morgan fingerprint density at radius 2 is 0.944 bits per heavy atom. The zero-order valence-corrected chi connectivity index (χ0v) is 14.9. The molecule has 10 N–H and O–H groups in total. The lowest BCUT2D eigenvalue weighted by atomic mass is 10.6. The lowest BCUT2D eigenvalue weighted by Crippen LogP contribution is -1.62. The van der Waals surface area contributed by atoms with E-state index in [1.165, 1.54) is 12.6 Å². The second-order valence-electron chi connectivity index (χ2n) is 2.60. The van der Waals surface area contributed by atoms with Crippen LogP contribution in [0.5, 0.6) is 0 Å². The Balaban J connectivity index is -0.0000000183. The molecule has 0 radical (unpaired) electrons. The second-order valence-corrected chi connectivity index (χ2v) is 4.81. The molecular weight excluding hydrogens is 297 g/mol. The number of rotatable bonds is 5. The minimum atomic E-state index is 0. The molecule has 0 aliphatic rings. The van der Waals surface area contributed by atoms with Gasteiger partial charge in [-0.15, -0.1) is 9.24 Å². The Morgan fingerprint density at radius 1 is 0.722 bits per heavy atom. The Kier molecular flexibility index (Phi) is 152. The molecule has 18 heavy (non-hydrogen) atoms. The summed E-state index contributed by atoms with van der Waals surface area (Å²) >= 11 is 0. The van der Waals surface area contributed by atoms with Crippen LogP contribution in [0.15, 0.2) is 0 Å². The Morgan fingerprint density at radius 3 is 0.944 bits per heavy atom. The topological polar surface area (TPSA) is 166 Å². The van der Waals surface area contributed by atoms with Crippen molar-refractivity contribution in [3.05, 3.63) is 0 Å². The molecule has 0 aromatic carbocycles. The molecule has 0 rings (SSSR count). The quantitative estimate of drug-likeness (QED) is 0.673. The monoisotopic (exact) mass is 332 g/mol. The fourth-order valence-corrected chi connectivity index (χ4v) is 0.671. The summed E-state index contributed by atoms with van der Waals surface area (Å²) in [4.78, 5) is 16.2. The Hall–Kier alpha value is 1.05. The van der Waals surface area contributed by atoms with Crippen LogP contribution in [0.2, 0.25) is 0 Å². The maximum atomic E-state index is 8.09. The molecule has 0 spiro atoms. The molecule has 3 unspecified atom stereocenters. The molecule has 0 fully saturated rings. The van der Waals surface area contributed by atoms with E-state index in [1.54, 1.807) is 0 Å². The highest BCUT2D eigenvalue weighted by Gasteiger charge is 1.69. The molecule has 9 heteroatoms. The molecule has 0 amide bonds. The van der Waals surface area contributed by atoms with E-state index in [-0.39, 0.29) is 39.5 Å². The van der Waals surface area contributed by atoms with Gasteiger partial charge >= 0.3 is 0 Å². The van der Waals surface area contributed by atoms with Gasteiger partial charge < -0.3 is 31.7 Å². The van der Waals surface area contributed by atoms with Crippen molar-refractivity contribution in [1.29, 1.82) is 0 Å². The first-order chi connectivity index (χ1) is 6.74. The van der Waals surface area contributed by atoms with Crippen molar-refractivity contribution in [3.8, 4) is 0 Å². The van der Waals surface area contributed by atoms with Gasteiger partial charge in [0.15, 0.2) is 0 Å². The third-order valence-electron chi connectivity index (χ3n) is 1.01. The van der Waals surface area contributed by atoms with E-state index in [0.717, 1.165) is 25.2 Å². The second kappa shape index (κ2) is 64.1. The van der Waals surface area contributed by atoms with E-state index >= 15 is 0 Å². The van der Waals surface area contributed by atoms with Gasteiger partial charge in [-0.2, -0.15) is 0 Å². The van der Waals surface area contributed by atoms with Crippen LogP contribution in [0.4, 0.5) is 0 Å². The zero-order chi connectivity index (χ0) is 11.7. The van der Waals surface area contributed by atoms with Crippen LogP contribution in [0, 0.1) is 0 Å². The van der Waals surface area contributed by atoms with Crippen molar-refractivity contribution in [1.82, 2.24) is 0 Å². The third-order valence-corrected chi connectivity index (χ3v) is 3.04. The first-order valence-electron chi connectivity index (χ1n) is 5.18. The molecule has 0 aliphatic heterocycles. The molecular formula is C9H35O6P3. The molecule has 6 nitrogen and oxygen atoms in total. The summed E-state index contributed by atoms with van der Waals surface area (Å²) in [5.74, 6) is 0. The normalized spacial score (nSPS) is 7.67. The van der Waals surface area contributed by atoms with Crippen LogP contribution in [-0.4, -0.2) is 50.2 Å². The maximum Gasteiger partial charge on any atom is 0.0107 e. The van der Waals surface area contributed by atoms with Gasteiger partial charge in [-0.3, -0.25) is 0 Å². The molecule has 0 aliphatic carbocycles. The molecule has 122 valence electrons. The van der Waals surface area contributed by atoms with E-state index in [0.29, 0.717) is 0 Å². The standard InChI is InChI=1S/2C3H9OP.C3H9P.4H2O/c2*1-2-3-5-4;1-2-3-4;;;;/h2*4-5H,2-3H2,1H3;2-4H2,1H3;4*1H2. The van der Waals surface area contributed by atoms with Crippen molar-refractivity contribution < 1.29 is 31.7 Å². The molecule has 0 saturated carbocycles. The first kappa shape index (κ1) is 42.7. The van der Waals surface area contributed by atoms with Crippen LogP contribution in [-0.2, 0) is 0 Å². The molecule has 0 saturated heterocycles. The molecule has 0 bridgehead atoms. The van der Waals surface area contributed by atoms with E-state index < -0.39 is 0 Å². The third kappa shape index (κ3) is 120. The van der Waals surface area contributed by atoms with Crippen LogP contribution in [0.1, 0.15) is 40.0 Å². The van der Waals surface area contributed by atoms with Crippen molar-refractivity contribution in [2.75, 3.05) is 18.5 Å². The summed E-state index contributed by atoms with van der Waals surface area (Å²) in [6.45, 7) is 6.28. The van der Waals surface area contributed by atoms with Gasteiger partial charge in [-0.1, -0.05) is 40.0 Å². The van der Waals surface area contributed by atoms with Crippen LogP contribution in [0.25, 0.3) is 0 Å². The molecule has 3 atom stereocenters. The van der Waals surface area contributed by atoms with E-state index in [4.69, 9.17) is 9.79 Å². The highest BCUT2D eigenvalue weighted by atomic mass is 31.1. The maximum absolute atomic E-state index is 8.09. The highest BCUT2D eigenvalue weighted by Crippen LogP contribution is 2.00. The molecule has 0 heterocycles. The lowest BCUT2D eigenvalue weighted by Gasteiger charge is -1.79. The average Bonchev–Trinajstić information content (AvgIpc) is 2.22. The van der Waals surface area contributed by atoms with Crippen molar-refractivity contribution in [3.63, 3.8) is 0 Å². The lowest BCUT2D eigenvalue weighted by molar-refractivity contribution is 0.643. The number of hydrogen-bond acceptors (Lipinski definition) is 2. The summed E-state index contributed by atoms with van der Waals surface area (Å²) in [5.41, 5.74) is 0. The Labute approximate surface area is 118 Å². The molecule has 0 aromatic rings. The predicted molar refractivity (Wildman–Crippen MR) is 90.7 cm³/mol. The van der Waals surface area contributed by atoms with Crippen molar-refractivity contribution in [2.45, 2.75) is 40.0 Å². The predicted octanol–water partition coefficient (Wildman–Crippen LogP) is -0.0629. The minimum absolute atomic E-state index is 0. The van der Waals surface area contributed by atoms with Crippen molar-refractivity contribution in [2.24, 2.45) is 0 Å². The van der Waals surface area contributed by atoms with Gasteiger partial charge in [0.2, 0.25) is 0 Å². The van der Waals surface area contributed by atoms with Crippen LogP contribution >= 0.6 is 26.9 Å². The van der Waals surface area contributed by atoms with Gasteiger partial charge in [-0.25, -0.2) is 0 Å². The summed E-state index contributed by atoms with van der Waals surface area (Å²) in [6.07, 6.45) is 6.68. The average molecular weight is 332 g/mol. The SMILES string of the molecule is CCCP.CCCPO.CCCPO.O.O.O.O. The summed E-state index contributed by atoms with van der Waals surface area (Å²) < 4.78 is 0. The highest BCUT2D eigenvalue weighted by molar-refractivity contribution is 7.31. The van der Waals surface area contributed by atoms with Crippen LogP contribution in [0.3, 0.4) is 0 Å². The van der Waals surface area contributed by atoms with Gasteiger partial charge in [-0.05, 0) is 18.5 Å². The fraction of sp³-hybridized carbons (Fsp3) is 1.00. The van der Waals surface area contributed by atoms with E-state index in [2.05, 4.69) is 30.0 Å². The van der Waals surface area contributed by atoms with Crippen molar-refractivity contribution >= 4 is 26.9 Å². The van der Waals surface area contributed by atoms with E-state index in [1.807, 2.05) is 0 Å². The summed E-state index contributed by atoms with van der Waals surface area (Å²) in [5, 5.41) is 0. The van der Waals surface area contributed by atoms with Gasteiger partial charge in [0.25, 0.3) is 0 Å². The molecule has 0 aromatic heterocycles. The minimum Gasteiger partial charge on any atom is -0.412 e. The summed E-state index contributed by atoms with van der Waals surface area (Å²) in [6, 6.07) is 0. The Bertz CT molecular complexity index is 62.3. The summed E-state index contributed by atoms with van der Waals surface area (Å²) in [7, 11) is 2.97. The largest absolute Gasteiger partial charge is 0.412 e. The number of hydrogen-bond donors (Lipinski definition) is 2.